The predicted molar refractivity (Wildman–Crippen MR) is 152 cm³/mol. The van der Waals surface area contributed by atoms with Crippen LogP contribution in [0.3, 0.4) is 0 Å². The fourth-order valence-corrected chi connectivity index (χ4v) is 5.40. The Labute approximate surface area is 232 Å². The lowest BCUT2D eigenvalue weighted by Gasteiger charge is -2.44. The number of methoxy groups -OCH3 is 2. The van der Waals surface area contributed by atoms with Crippen molar-refractivity contribution in [2.75, 3.05) is 39.3 Å². The minimum atomic E-state index is -0.870. The van der Waals surface area contributed by atoms with Gasteiger partial charge in [-0.1, -0.05) is 24.3 Å². The van der Waals surface area contributed by atoms with Gasteiger partial charge in [0.25, 0.3) is 11.8 Å². The zero-order valence-electron chi connectivity index (χ0n) is 22.6. The molecule has 0 saturated carbocycles. The Morgan fingerprint density at radius 1 is 0.950 bits per heavy atom. The van der Waals surface area contributed by atoms with Crippen molar-refractivity contribution in [3.63, 3.8) is 0 Å². The average molecular weight is 539 g/mol. The van der Waals surface area contributed by atoms with E-state index < -0.39 is 5.72 Å². The Bertz CT molecular complexity index is 1600. The number of carbonyl (C=O) groups excluding carboxylic acids is 2. The Morgan fingerprint density at radius 3 is 2.42 bits per heavy atom. The third-order valence-corrected chi connectivity index (χ3v) is 7.67. The van der Waals surface area contributed by atoms with E-state index in [9.17, 15) is 9.59 Å². The van der Waals surface area contributed by atoms with Crippen LogP contribution < -0.4 is 24.4 Å². The number of nitrogens with one attached hydrogen (secondary N) is 1. The topological polar surface area (TPSA) is 93.2 Å². The van der Waals surface area contributed by atoms with Gasteiger partial charge >= 0.3 is 0 Å². The molecule has 1 aromatic heterocycles. The molecule has 0 unspecified atom stereocenters. The van der Waals surface area contributed by atoms with E-state index in [-0.39, 0.29) is 17.5 Å². The molecular formula is C31H30N4O5. The van der Waals surface area contributed by atoms with Crippen LogP contribution >= 0.6 is 0 Å². The molecule has 1 N–H and O–H groups in total. The maximum absolute atomic E-state index is 13.5. The van der Waals surface area contributed by atoms with Crippen LogP contribution in [0.4, 0.5) is 11.4 Å². The van der Waals surface area contributed by atoms with Gasteiger partial charge in [0.05, 0.1) is 19.8 Å². The van der Waals surface area contributed by atoms with Crippen LogP contribution in [0.25, 0.3) is 10.9 Å². The molecule has 40 heavy (non-hydrogen) atoms. The van der Waals surface area contributed by atoms with E-state index >= 15 is 0 Å². The third-order valence-electron chi connectivity index (χ3n) is 7.67. The van der Waals surface area contributed by atoms with Crippen molar-refractivity contribution in [3.8, 4) is 17.2 Å². The van der Waals surface area contributed by atoms with Crippen molar-refractivity contribution in [2.24, 2.45) is 0 Å². The van der Waals surface area contributed by atoms with E-state index in [4.69, 9.17) is 14.2 Å². The molecule has 204 valence electrons. The van der Waals surface area contributed by atoms with Crippen molar-refractivity contribution in [1.29, 1.82) is 0 Å². The summed E-state index contributed by atoms with van der Waals surface area (Å²) < 4.78 is 17.4. The second-order valence-corrected chi connectivity index (χ2v) is 9.98. The quantitative estimate of drug-likeness (QED) is 0.391. The van der Waals surface area contributed by atoms with E-state index in [1.54, 1.807) is 31.3 Å². The molecule has 0 bridgehead atoms. The van der Waals surface area contributed by atoms with Gasteiger partial charge < -0.3 is 29.3 Å². The maximum atomic E-state index is 13.5. The summed E-state index contributed by atoms with van der Waals surface area (Å²) >= 11 is 0. The first-order valence-electron chi connectivity index (χ1n) is 13.2. The van der Waals surface area contributed by atoms with Crippen LogP contribution in [0.15, 0.2) is 72.8 Å². The molecule has 0 aliphatic carbocycles. The van der Waals surface area contributed by atoms with E-state index in [1.807, 2.05) is 72.6 Å². The number of hydrogen-bond acceptors (Lipinski definition) is 7. The first-order chi connectivity index (χ1) is 19.4. The molecule has 9 nitrogen and oxygen atoms in total. The fraction of sp³-hybridized carbons (Fsp3) is 0.258. The minimum absolute atomic E-state index is 0.183. The summed E-state index contributed by atoms with van der Waals surface area (Å²) in [5, 5.41) is 3.85. The molecule has 9 heteroatoms. The summed E-state index contributed by atoms with van der Waals surface area (Å²) in [6, 6.07) is 22.8. The number of benzene rings is 3. The van der Waals surface area contributed by atoms with Crippen LogP contribution in [0.1, 0.15) is 33.7 Å². The lowest BCUT2D eigenvalue weighted by Crippen LogP contribution is -2.61. The molecule has 1 saturated heterocycles. The molecule has 2 aliphatic heterocycles. The molecule has 3 aromatic carbocycles. The number of aromatic nitrogens is 1. The number of rotatable bonds is 5. The smallest absolute Gasteiger partial charge is 0.272 e. The highest BCUT2D eigenvalue weighted by atomic mass is 16.5. The monoisotopic (exact) mass is 538 g/mol. The fourth-order valence-electron chi connectivity index (χ4n) is 5.40. The Hall–Kier alpha value is -4.79. The molecule has 3 heterocycles. The van der Waals surface area contributed by atoms with E-state index in [0.29, 0.717) is 54.3 Å². The van der Waals surface area contributed by atoms with Gasteiger partial charge in [0, 0.05) is 55.8 Å². The van der Waals surface area contributed by atoms with Crippen LogP contribution in [0.5, 0.6) is 17.2 Å². The van der Waals surface area contributed by atoms with Crippen LogP contribution in [0.2, 0.25) is 0 Å². The number of ether oxygens (including phenoxy) is 3. The van der Waals surface area contributed by atoms with Crippen LogP contribution in [-0.4, -0.2) is 61.8 Å². The lowest BCUT2D eigenvalue weighted by molar-refractivity contribution is -0.0246. The van der Waals surface area contributed by atoms with Crippen molar-refractivity contribution in [3.05, 3.63) is 84.1 Å². The number of carbonyl (C=O) groups is 2. The van der Waals surface area contributed by atoms with Gasteiger partial charge in [-0.25, -0.2) is 4.98 Å². The molecule has 0 atom stereocenters. The van der Waals surface area contributed by atoms with Gasteiger partial charge in [-0.05, 0) is 42.5 Å². The number of anilines is 2. The summed E-state index contributed by atoms with van der Waals surface area (Å²) in [7, 11) is 5.10. The van der Waals surface area contributed by atoms with Crippen LogP contribution in [-0.2, 0) is 0 Å². The summed E-state index contributed by atoms with van der Waals surface area (Å²) in [5.41, 5.74) is 2.37. The minimum Gasteiger partial charge on any atom is -0.496 e. The van der Waals surface area contributed by atoms with Crippen LogP contribution in [0, 0.1) is 0 Å². The van der Waals surface area contributed by atoms with Gasteiger partial charge in [-0.15, -0.1) is 0 Å². The standard InChI is InChI=1S/C31H30N4O5/c1-34(20-8-5-4-6-9-20)21-12-13-25-23(18-21)29(36)33-31(40-25)14-16-35(17-15-31)30(37)24-19-27(39-3)22-10-7-11-26(38-2)28(22)32-24/h4-13,18-19H,14-17H2,1-3H3,(H,33,36). The number of para-hydroxylation sites is 2. The van der Waals surface area contributed by atoms with Crippen molar-refractivity contribution in [2.45, 2.75) is 18.6 Å². The number of nitrogens with zero attached hydrogens (tertiary/aromatic N) is 3. The van der Waals surface area contributed by atoms with Crippen molar-refractivity contribution < 1.29 is 23.8 Å². The largest absolute Gasteiger partial charge is 0.496 e. The number of hydrogen-bond donors (Lipinski definition) is 1. The zero-order chi connectivity index (χ0) is 27.9. The average Bonchev–Trinajstić information content (AvgIpc) is 3.00. The summed E-state index contributed by atoms with van der Waals surface area (Å²) in [5.74, 6) is 1.27. The molecule has 0 radical (unpaired) electrons. The van der Waals surface area contributed by atoms with Gasteiger partial charge in [0.2, 0.25) is 0 Å². The first-order valence-corrected chi connectivity index (χ1v) is 13.2. The van der Waals surface area contributed by atoms with E-state index in [1.165, 1.54) is 0 Å². The van der Waals surface area contributed by atoms with Gasteiger partial charge in [-0.2, -0.15) is 0 Å². The highest BCUT2D eigenvalue weighted by Crippen LogP contribution is 2.37. The molecule has 1 fully saturated rings. The number of piperidine rings is 1. The third kappa shape index (κ3) is 4.43. The van der Waals surface area contributed by atoms with Crippen molar-refractivity contribution in [1.82, 2.24) is 15.2 Å². The van der Waals surface area contributed by atoms with Gasteiger partial charge in [0.1, 0.15) is 28.5 Å². The van der Waals surface area contributed by atoms with Gasteiger partial charge in [0.15, 0.2) is 5.72 Å². The number of pyridine rings is 1. The highest BCUT2D eigenvalue weighted by molar-refractivity contribution is 6.00. The highest BCUT2D eigenvalue weighted by Gasteiger charge is 2.43. The van der Waals surface area contributed by atoms with Gasteiger partial charge in [-0.3, -0.25) is 9.59 Å². The number of likely N-dealkylation sites (tertiary alicyclic amines) is 1. The molecule has 6 rings (SSSR count). The van der Waals surface area contributed by atoms with E-state index in [0.717, 1.165) is 16.8 Å². The maximum Gasteiger partial charge on any atom is 0.272 e. The number of fused-ring (bicyclic) bond motifs is 2. The molecule has 2 amide bonds. The molecule has 4 aromatic rings. The predicted octanol–water partition coefficient (Wildman–Crippen LogP) is 4.77. The van der Waals surface area contributed by atoms with Crippen molar-refractivity contribution >= 4 is 34.1 Å². The Balaban J connectivity index is 1.19. The molecular weight excluding hydrogens is 508 g/mol. The van der Waals surface area contributed by atoms with E-state index in [2.05, 4.69) is 10.3 Å². The zero-order valence-corrected chi connectivity index (χ0v) is 22.6. The second kappa shape index (κ2) is 10.1. The molecule has 2 aliphatic rings. The summed E-state index contributed by atoms with van der Waals surface area (Å²) in [6.07, 6.45) is 0.896. The summed E-state index contributed by atoms with van der Waals surface area (Å²) in [4.78, 5) is 35.1. The lowest BCUT2D eigenvalue weighted by atomic mass is 9.96. The Kier molecular flexibility index (Phi) is 6.42. The SMILES string of the molecule is COc1cc(C(=O)N2CCC3(CC2)NC(=O)c2cc(N(C)c4ccccc4)ccc2O3)nc2c(OC)cccc12. The second-order valence-electron chi connectivity index (χ2n) is 9.98. The Morgan fingerprint density at radius 2 is 1.70 bits per heavy atom. The normalized spacial score (nSPS) is 15.7. The first kappa shape index (κ1) is 25.5. The summed E-state index contributed by atoms with van der Waals surface area (Å²) in [6.45, 7) is 0.800. The molecule has 1 spiro atoms. The number of amides is 2.